The number of hydrogen-bond acceptors (Lipinski definition) is 3. The van der Waals surface area contributed by atoms with Crippen LogP contribution < -0.4 is 16.4 Å². The molecule has 104 valence electrons. The summed E-state index contributed by atoms with van der Waals surface area (Å²) in [5.41, 5.74) is 14.8. The van der Waals surface area contributed by atoms with Crippen molar-refractivity contribution in [3.63, 3.8) is 0 Å². The van der Waals surface area contributed by atoms with Crippen LogP contribution >= 0.6 is 0 Å². The zero-order valence-corrected chi connectivity index (χ0v) is 11.6. The highest BCUT2D eigenvalue weighted by Gasteiger charge is 2.23. The summed E-state index contributed by atoms with van der Waals surface area (Å²) in [6.45, 7) is 3.31. The van der Waals surface area contributed by atoms with Crippen LogP contribution in [0.5, 0.6) is 0 Å². The number of carbonyl (C=O) groups is 1. The molecule has 1 aromatic rings. The molecule has 2 rings (SSSR count). The lowest BCUT2D eigenvalue weighted by Crippen LogP contribution is -2.36. The molecule has 4 nitrogen and oxygen atoms in total. The van der Waals surface area contributed by atoms with E-state index in [2.05, 4.69) is 6.07 Å². The number of amides is 1. The first-order valence-electron chi connectivity index (χ1n) is 6.99. The Morgan fingerprint density at radius 1 is 1.37 bits per heavy atom. The molecule has 1 aliphatic heterocycles. The minimum atomic E-state index is 0.193. The lowest BCUT2D eigenvalue weighted by atomic mass is 9.98. The van der Waals surface area contributed by atoms with E-state index in [0.717, 1.165) is 37.1 Å². The largest absolute Gasteiger partial charge is 0.328 e. The highest BCUT2D eigenvalue weighted by atomic mass is 16.2. The highest BCUT2D eigenvalue weighted by Crippen LogP contribution is 2.29. The molecular formula is C15H23N3O. The van der Waals surface area contributed by atoms with Gasteiger partial charge in [0.15, 0.2) is 0 Å². The number of nitrogens with two attached hydrogens (primary N) is 2. The van der Waals surface area contributed by atoms with Gasteiger partial charge in [0, 0.05) is 31.2 Å². The molecule has 0 aromatic heterocycles. The summed E-state index contributed by atoms with van der Waals surface area (Å²) in [4.78, 5) is 14.0. The Bertz CT molecular complexity index is 457. The van der Waals surface area contributed by atoms with Gasteiger partial charge in [-0.05, 0) is 43.4 Å². The summed E-state index contributed by atoms with van der Waals surface area (Å²) >= 11 is 0. The van der Waals surface area contributed by atoms with Gasteiger partial charge in [-0.3, -0.25) is 4.79 Å². The van der Waals surface area contributed by atoms with Gasteiger partial charge < -0.3 is 16.4 Å². The number of hydrogen-bond donors (Lipinski definition) is 2. The van der Waals surface area contributed by atoms with Gasteiger partial charge in [-0.15, -0.1) is 0 Å². The Balaban J connectivity index is 2.13. The Morgan fingerprint density at radius 2 is 2.16 bits per heavy atom. The predicted octanol–water partition coefficient (Wildman–Crippen LogP) is 1.55. The van der Waals surface area contributed by atoms with Crippen LogP contribution in [0.1, 0.15) is 37.3 Å². The molecule has 0 spiro atoms. The molecule has 0 aliphatic carbocycles. The maximum atomic E-state index is 12.1. The topological polar surface area (TPSA) is 72.3 Å². The molecule has 0 fully saturated rings. The average Bonchev–Trinajstić information content (AvgIpc) is 2.40. The summed E-state index contributed by atoms with van der Waals surface area (Å²) in [7, 11) is 0. The van der Waals surface area contributed by atoms with Crippen LogP contribution in [0.15, 0.2) is 18.2 Å². The lowest BCUT2D eigenvalue weighted by Gasteiger charge is -2.30. The Labute approximate surface area is 114 Å². The minimum absolute atomic E-state index is 0.193. The van der Waals surface area contributed by atoms with Crippen LogP contribution in [0, 0.1) is 0 Å². The Morgan fingerprint density at radius 3 is 2.84 bits per heavy atom. The van der Waals surface area contributed by atoms with Crippen LogP contribution in [0.4, 0.5) is 5.69 Å². The van der Waals surface area contributed by atoms with Gasteiger partial charge in [-0.2, -0.15) is 0 Å². The first kappa shape index (κ1) is 14.0. The second kappa shape index (κ2) is 6.17. The van der Waals surface area contributed by atoms with E-state index >= 15 is 0 Å². The molecule has 0 saturated carbocycles. The van der Waals surface area contributed by atoms with Gasteiger partial charge in [0.2, 0.25) is 5.91 Å². The fourth-order valence-corrected chi connectivity index (χ4v) is 2.56. The molecule has 4 heteroatoms. The maximum absolute atomic E-state index is 12.1. The van der Waals surface area contributed by atoms with Crippen LogP contribution in [0.2, 0.25) is 0 Å². The van der Waals surface area contributed by atoms with E-state index in [-0.39, 0.29) is 11.9 Å². The third-order valence-electron chi connectivity index (χ3n) is 3.62. The molecule has 0 radical (unpaired) electrons. The van der Waals surface area contributed by atoms with Gasteiger partial charge in [-0.25, -0.2) is 0 Å². The van der Waals surface area contributed by atoms with Crippen molar-refractivity contribution in [1.29, 1.82) is 0 Å². The molecule has 0 bridgehead atoms. The second-order valence-corrected chi connectivity index (χ2v) is 5.33. The van der Waals surface area contributed by atoms with Crippen molar-refractivity contribution < 1.29 is 4.79 Å². The number of aryl methyl sites for hydroxylation is 1. The quantitative estimate of drug-likeness (QED) is 0.844. The first-order chi connectivity index (χ1) is 9.11. The average molecular weight is 261 g/mol. The molecule has 0 saturated heterocycles. The molecule has 1 atom stereocenters. The highest BCUT2D eigenvalue weighted by molar-refractivity contribution is 5.96. The standard InChI is InChI=1S/C15H23N3O/c1-11(17)3-2-8-18-14-6-4-12(10-16)9-13(14)5-7-15(18)19/h4,6,9,11H,2-3,5,7-8,10,16-17H2,1H3. The van der Waals surface area contributed by atoms with Crippen LogP contribution in [0.3, 0.4) is 0 Å². The summed E-state index contributed by atoms with van der Waals surface area (Å²) in [5.74, 6) is 0.220. The van der Waals surface area contributed by atoms with Crippen molar-refractivity contribution >= 4 is 11.6 Å². The van der Waals surface area contributed by atoms with Crippen molar-refractivity contribution in [3.8, 4) is 0 Å². The van der Waals surface area contributed by atoms with Crippen LogP contribution in [-0.2, 0) is 17.8 Å². The number of benzene rings is 1. The van der Waals surface area contributed by atoms with Gasteiger partial charge in [0.05, 0.1) is 0 Å². The maximum Gasteiger partial charge on any atom is 0.227 e. The van der Waals surface area contributed by atoms with Crippen LogP contribution in [-0.4, -0.2) is 18.5 Å². The lowest BCUT2D eigenvalue weighted by molar-refractivity contribution is -0.118. The van der Waals surface area contributed by atoms with Crippen molar-refractivity contribution in [1.82, 2.24) is 0 Å². The Kier molecular flexibility index (Phi) is 4.56. The van der Waals surface area contributed by atoms with E-state index in [9.17, 15) is 4.79 Å². The molecular weight excluding hydrogens is 238 g/mol. The number of carbonyl (C=O) groups excluding carboxylic acids is 1. The van der Waals surface area contributed by atoms with Crippen molar-refractivity contribution in [2.45, 2.75) is 45.2 Å². The van der Waals surface area contributed by atoms with Crippen LogP contribution in [0.25, 0.3) is 0 Å². The molecule has 1 aromatic carbocycles. The van der Waals surface area contributed by atoms with E-state index in [4.69, 9.17) is 11.5 Å². The van der Waals surface area contributed by atoms with E-state index in [1.165, 1.54) is 5.56 Å². The Hall–Kier alpha value is -1.39. The number of anilines is 1. The summed E-state index contributed by atoms with van der Waals surface area (Å²) in [6, 6.07) is 6.36. The smallest absolute Gasteiger partial charge is 0.227 e. The van der Waals surface area contributed by atoms with Gasteiger partial charge in [-0.1, -0.05) is 12.1 Å². The van der Waals surface area contributed by atoms with Crippen molar-refractivity contribution in [2.24, 2.45) is 11.5 Å². The fraction of sp³-hybridized carbons (Fsp3) is 0.533. The molecule has 1 amide bonds. The summed E-state index contributed by atoms with van der Waals surface area (Å²) in [6.07, 6.45) is 3.31. The molecule has 4 N–H and O–H groups in total. The molecule has 1 aliphatic rings. The van der Waals surface area contributed by atoms with E-state index < -0.39 is 0 Å². The SMILES string of the molecule is CC(N)CCCN1C(=O)CCc2cc(CN)ccc21. The normalized spacial score (nSPS) is 16.4. The van der Waals surface area contributed by atoms with Crippen molar-refractivity contribution in [2.75, 3.05) is 11.4 Å². The summed E-state index contributed by atoms with van der Waals surface area (Å²) in [5, 5.41) is 0. The van der Waals surface area contributed by atoms with Crippen molar-refractivity contribution in [3.05, 3.63) is 29.3 Å². The van der Waals surface area contributed by atoms with Gasteiger partial charge in [0.25, 0.3) is 0 Å². The molecule has 1 heterocycles. The third-order valence-corrected chi connectivity index (χ3v) is 3.62. The molecule has 19 heavy (non-hydrogen) atoms. The first-order valence-corrected chi connectivity index (χ1v) is 6.99. The minimum Gasteiger partial charge on any atom is -0.328 e. The molecule has 1 unspecified atom stereocenters. The zero-order valence-electron chi connectivity index (χ0n) is 11.6. The van der Waals surface area contributed by atoms with E-state index in [0.29, 0.717) is 13.0 Å². The van der Waals surface area contributed by atoms with Gasteiger partial charge in [0.1, 0.15) is 0 Å². The second-order valence-electron chi connectivity index (χ2n) is 5.33. The van der Waals surface area contributed by atoms with Gasteiger partial charge >= 0.3 is 0 Å². The summed E-state index contributed by atoms with van der Waals surface area (Å²) < 4.78 is 0. The number of fused-ring (bicyclic) bond motifs is 1. The number of rotatable bonds is 5. The fourth-order valence-electron chi connectivity index (χ4n) is 2.56. The van der Waals surface area contributed by atoms with E-state index in [1.807, 2.05) is 24.0 Å². The van der Waals surface area contributed by atoms with E-state index in [1.54, 1.807) is 0 Å². The number of nitrogens with zero attached hydrogens (tertiary/aromatic N) is 1. The third kappa shape index (κ3) is 3.33. The monoisotopic (exact) mass is 261 g/mol. The zero-order chi connectivity index (χ0) is 13.8. The predicted molar refractivity (Wildman–Crippen MR) is 77.9 cm³/mol.